The average Bonchev–Trinajstić information content (AvgIpc) is 2.34. The van der Waals surface area contributed by atoms with Gasteiger partial charge in [-0.25, -0.2) is 0 Å². The van der Waals surface area contributed by atoms with Crippen molar-refractivity contribution in [3.05, 3.63) is 30.7 Å². The van der Waals surface area contributed by atoms with Gasteiger partial charge in [-0.3, -0.25) is 0 Å². The summed E-state index contributed by atoms with van der Waals surface area (Å²) in [5.74, 6) is 0.630. The second-order valence-corrected chi connectivity index (χ2v) is 2.31. The van der Waals surface area contributed by atoms with Gasteiger partial charge in [0.1, 0.15) is 0 Å². The average molecular weight is 121 g/mol. The van der Waals surface area contributed by atoms with Crippen molar-refractivity contribution in [1.82, 2.24) is 0 Å². The molecule has 1 aliphatic carbocycles. The maximum Gasteiger partial charge on any atom is -0.00192 e. The first kappa shape index (κ1) is 6.60. The standard InChI is InChI=1S/C9H13/c1-2-3-6-9-7-4-5-8-9/h3-4,6-9H,2,5H2,1H3/b6-3+. The van der Waals surface area contributed by atoms with Crippen LogP contribution >= 0.6 is 0 Å². The first-order valence-corrected chi connectivity index (χ1v) is 3.60. The minimum atomic E-state index is 0.630. The van der Waals surface area contributed by atoms with Crippen LogP contribution in [0.2, 0.25) is 0 Å². The summed E-state index contributed by atoms with van der Waals surface area (Å²) in [4.78, 5) is 0. The number of hydrogen-bond donors (Lipinski definition) is 0. The molecule has 1 unspecified atom stereocenters. The Hall–Kier alpha value is -0.520. The van der Waals surface area contributed by atoms with Gasteiger partial charge in [-0.05, 0) is 25.2 Å². The number of rotatable bonds is 2. The summed E-state index contributed by atoms with van der Waals surface area (Å²) in [5.41, 5.74) is 0. The molecule has 0 spiro atoms. The highest BCUT2D eigenvalue weighted by atomic mass is 14.1. The lowest BCUT2D eigenvalue weighted by Crippen LogP contribution is -1.83. The fourth-order valence-electron chi connectivity index (χ4n) is 0.986. The molecule has 0 saturated heterocycles. The monoisotopic (exact) mass is 121 g/mol. The Morgan fingerprint density at radius 2 is 2.56 bits per heavy atom. The van der Waals surface area contributed by atoms with Gasteiger partial charge < -0.3 is 0 Å². The van der Waals surface area contributed by atoms with Gasteiger partial charge in [0, 0.05) is 0 Å². The molecular formula is C9H13. The summed E-state index contributed by atoms with van der Waals surface area (Å²) in [5, 5.41) is 0. The van der Waals surface area contributed by atoms with Crippen LogP contribution in [0.4, 0.5) is 0 Å². The Morgan fingerprint density at radius 3 is 3.11 bits per heavy atom. The Morgan fingerprint density at radius 1 is 1.67 bits per heavy atom. The van der Waals surface area contributed by atoms with Crippen molar-refractivity contribution in [2.24, 2.45) is 5.92 Å². The lowest BCUT2D eigenvalue weighted by molar-refractivity contribution is 0.964. The molecule has 0 N–H and O–H groups in total. The minimum Gasteiger partial charge on any atom is -0.0882 e. The lowest BCUT2D eigenvalue weighted by Gasteiger charge is -1.95. The molecule has 0 aromatic rings. The van der Waals surface area contributed by atoms with E-state index in [1.807, 2.05) is 0 Å². The summed E-state index contributed by atoms with van der Waals surface area (Å²) in [6.45, 7) is 2.16. The molecule has 0 aromatic carbocycles. The maximum absolute atomic E-state index is 2.31. The van der Waals surface area contributed by atoms with Crippen LogP contribution in [0, 0.1) is 12.3 Å². The maximum atomic E-state index is 2.31. The van der Waals surface area contributed by atoms with Crippen LogP contribution in [0.25, 0.3) is 0 Å². The molecule has 0 saturated carbocycles. The molecule has 1 radical (unpaired) electrons. The van der Waals surface area contributed by atoms with E-state index in [4.69, 9.17) is 0 Å². The van der Waals surface area contributed by atoms with Gasteiger partial charge in [0.25, 0.3) is 0 Å². The van der Waals surface area contributed by atoms with Crippen molar-refractivity contribution in [3.8, 4) is 0 Å². The molecule has 49 valence electrons. The quantitative estimate of drug-likeness (QED) is 0.493. The van der Waals surface area contributed by atoms with E-state index in [0.29, 0.717) is 5.92 Å². The Balaban J connectivity index is 2.27. The van der Waals surface area contributed by atoms with E-state index in [0.717, 1.165) is 12.8 Å². The van der Waals surface area contributed by atoms with Crippen molar-refractivity contribution in [2.75, 3.05) is 0 Å². The molecular weight excluding hydrogens is 108 g/mol. The largest absolute Gasteiger partial charge is 0.0882 e. The smallest absolute Gasteiger partial charge is 0.00192 e. The molecule has 0 aromatic heterocycles. The van der Waals surface area contributed by atoms with Crippen LogP contribution < -0.4 is 0 Å². The molecule has 0 aliphatic heterocycles. The van der Waals surface area contributed by atoms with Crippen molar-refractivity contribution < 1.29 is 0 Å². The predicted molar refractivity (Wildman–Crippen MR) is 41.0 cm³/mol. The highest BCUT2D eigenvalue weighted by Crippen LogP contribution is 2.16. The third kappa shape index (κ3) is 2.05. The fraction of sp³-hybridized carbons (Fsp3) is 0.444. The van der Waals surface area contributed by atoms with Crippen LogP contribution in [-0.2, 0) is 0 Å². The molecule has 0 bridgehead atoms. The summed E-state index contributed by atoms with van der Waals surface area (Å²) in [6.07, 6.45) is 13.5. The third-order valence-electron chi connectivity index (χ3n) is 1.50. The third-order valence-corrected chi connectivity index (χ3v) is 1.50. The van der Waals surface area contributed by atoms with Gasteiger partial charge in [0.15, 0.2) is 0 Å². The highest BCUT2D eigenvalue weighted by Gasteiger charge is 2.03. The zero-order valence-electron chi connectivity index (χ0n) is 5.88. The van der Waals surface area contributed by atoms with Crippen molar-refractivity contribution in [2.45, 2.75) is 19.8 Å². The van der Waals surface area contributed by atoms with Crippen molar-refractivity contribution in [3.63, 3.8) is 0 Å². The Labute approximate surface area is 57.3 Å². The second-order valence-electron chi connectivity index (χ2n) is 2.31. The van der Waals surface area contributed by atoms with Crippen LogP contribution in [0.5, 0.6) is 0 Å². The summed E-state index contributed by atoms with van der Waals surface area (Å²) in [7, 11) is 0. The van der Waals surface area contributed by atoms with Gasteiger partial charge in [0.2, 0.25) is 0 Å². The highest BCUT2D eigenvalue weighted by molar-refractivity contribution is 5.13. The molecule has 0 heteroatoms. The molecule has 9 heavy (non-hydrogen) atoms. The zero-order chi connectivity index (χ0) is 6.53. The molecule has 0 amide bonds. The number of hydrogen-bond acceptors (Lipinski definition) is 0. The predicted octanol–water partition coefficient (Wildman–Crippen LogP) is 2.73. The molecule has 0 heterocycles. The van der Waals surface area contributed by atoms with E-state index in [9.17, 15) is 0 Å². The van der Waals surface area contributed by atoms with Gasteiger partial charge in [-0.15, -0.1) is 0 Å². The fourth-order valence-corrected chi connectivity index (χ4v) is 0.986. The normalized spacial score (nSPS) is 26.1. The summed E-state index contributed by atoms with van der Waals surface area (Å²) < 4.78 is 0. The first-order valence-electron chi connectivity index (χ1n) is 3.60. The van der Waals surface area contributed by atoms with Crippen LogP contribution in [0.15, 0.2) is 24.3 Å². The molecule has 1 atom stereocenters. The lowest BCUT2D eigenvalue weighted by atomic mass is 10.1. The van der Waals surface area contributed by atoms with Crippen molar-refractivity contribution in [1.29, 1.82) is 0 Å². The number of allylic oxidation sites excluding steroid dienone is 4. The second kappa shape index (κ2) is 3.49. The van der Waals surface area contributed by atoms with Gasteiger partial charge in [0.05, 0.1) is 0 Å². The Kier molecular flexibility index (Phi) is 2.56. The van der Waals surface area contributed by atoms with E-state index in [-0.39, 0.29) is 0 Å². The van der Waals surface area contributed by atoms with E-state index in [1.165, 1.54) is 0 Å². The van der Waals surface area contributed by atoms with E-state index >= 15 is 0 Å². The van der Waals surface area contributed by atoms with Crippen LogP contribution in [0.1, 0.15) is 19.8 Å². The van der Waals surface area contributed by atoms with Gasteiger partial charge in [-0.1, -0.05) is 31.2 Å². The van der Waals surface area contributed by atoms with E-state index in [1.54, 1.807) is 0 Å². The minimum absolute atomic E-state index is 0.630. The Bertz CT molecular complexity index is 120. The van der Waals surface area contributed by atoms with Crippen LogP contribution in [-0.4, -0.2) is 0 Å². The van der Waals surface area contributed by atoms with Gasteiger partial charge >= 0.3 is 0 Å². The SMILES string of the molecule is CC/C=C/C1[CH]CC=C1. The van der Waals surface area contributed by atoms with Crippen LogP contribution in [0.3, 0.4) is 0 Å². The van der Waals surface area contributed by atoms with E-state index in [2.05, 4.69) is 37.6 Å². The van der Waals surface area contributed by atoms with E-state index < -0.39 is 0 Å². The van der Waals surface area contributed by atoms with Crippen molar-refractivity contribution >= 4 is 0 Å². The summed E-state index contributed by atoms with van der Waals surface area (Å²) in [6, 6.07) is 0. The molecule has 0 nitrogen and oxygen atoms in total. The van der Waals surface area contributed by atoms with Gasteiger partial charge in [-0.2, -0.15) is 0 Å². The summed E-state index contributed by atoms with van der Waals surface area (Å²) >= 11 is 0. The molecule has 0 fully saturated rings. The molecule has 1 aliphatic rings. The molecule has 1 rings (SSSR count). The topological polar surface area (TPSA) is 0 Å². The zero-order valence-corrected chi connectivity index (χ0v) is 5.88. The first-order chi connectivity index (χ1) is 4.43.